The van der Waals surface area contributed by atoms with Crippen LogP contribution in [0.2, 0.25) is 0 Å². The van der Waals surface area contributed by atoms with Gasteiger partial charge < -0.3 is 19.4 Å². The molecule has 0 radical (unpaired) electrons. The van der Waals surface area contributed by atoms with E-state index in [9.17, 15) is 0 Å². The number of nitrogens with zero attached hydrogens (tertiary/aromatic N) is 2. The Morgan fingerprint density at radius 2 is 2.28 bits per heavy atom. The third-order valence-corrected chi connectivity index (χ3v) is 2.97. The molecule has 0 aromatic carbocycles. The Bertz CT molecular complexity index is 337. The summed E-state index contributed by atoms with van der Waals surface area (Å²) in [5.41, 5.74) is 1.11. The fourth-order valence-electron chi connectivity index (χ4n) is 1.73. The maximum Gasteiger partial charge on any atom is 0.0950 e. The van der Waals surface area contributed by atoms with Crippen LogP contribution in [0.3, 0.4) is 0 Å². The Kier molecular flexibility index (Phi) is 5.64. The van der Waals surface area contributed by atoms with Crippen molar-refractivity contribution in [1.29, 1.82) is 0 Å². The van der Waals surface area contributed by atoms with Crippen LogP contribution in [0.5, 0.6) is 0 Å². The van der Waals surface area contributed by atoms with Gasteiger partial charge in [-0.1, -0.05) is 0 Å². The predicted molar refractivity (Wildman–Crippen MR) is 69.4 cm³/mol. The van der Waals surface area contributed by atoms with Gasteiger partial charge in [-0.25, -0.2) is 4.98 Å². The van der Waals surface area contributed by atoms with Crippen LogP contribution in [0.1, 0.15) is 25.0 Å². The van der Waals surface area contributed by atoms with Crippen molar-refractivity contribution in [2.45, 2.75) is 38.4 Å². The number of nitrogens with one attached hydrogen (secondary N) is 1. The first-order chi connectivity index (χ1) is 8.88. The number of methoxy groups -OCH3 is 1. The molecule has 1 heterocycles. The molecule has 1 saturated carbocycles. The van der Waals surface area contributed by atoms with Crippen molar-refractivity contribution in [3.63, 3.8) is 0 Å². The third-order valence-electron chi connectivity index (χ3n) is 2.97. The third kappa shape index (κ3) is 5.16. The summed E-state index contributed by atoms with van der Waals surface area (Å²) in [6.07, 6.45) is 7.55. The molecule has 0 bridgehead atoms. The molecule has 1 aromatic heterocycles. The van der Waals surface area contributed by atoms with E-state index in [4.69, 9.17) is 9.47 Å². The van der Waals surface area contributed by atoms with Crippen LogP contribution in [0.25, 0.3) is 0 Å². The molecule has 1 aliphatic carbocycles. The van der Waals surface area contributed by atoms with E-state index in [1.807, 2.05) is 6.33 Å². The van der Waals surface area contributed by atoms with Crippen molar-refractivity contribution < 1.29 is 9.47 Å². The van der Waals surface area contributed by atoms with Crippen molar-refractivity contribution in [2.24, 2.45) is 0 Å². The summed E-state index contributed by atoms with van der Waals surface area (Å²) in [4.78, 5) is 4.37. The summed E-state index contributed by atoms with van der Waals surface area (Å²) < 4.78 is 12.6. The molecule has 2 rings (SSSR count). The molecule has 1 fully saturated rings. The highest BCUT2D eigenvalue weighted by Crippen LogP contribution is 2.18. The number of rotatable bonds is 10. The van der Waals surface area contributed by atoms with Crippen molar-refractivity contribution >= 4 is 0 Å². The minimum absolute atomic E-state index is 0.732. The number of hydrogen-bond donors (Lipinski definition) is 1. The van der Waals surface area contributed by atoms with Crippen molar-refractivity contribution in [3.8, 4) is 0 Å². The van der Waals surface area contributed by atoms with Gasteiger partial charge >= 0.3 is 0 Å². The van der Waals surface area contributed by atoms with Crippen LogP contribution in [0.15, 0.2) is 12.5 Å². The van der Waals surface area contributed by atoms with Gasteiger partial charge in [0.2, 0.25) is 0 Å². The molecule has 0 atom stereocenters. The first kappa shape index (κ1) is 13.5. The van der Waals surface area contributed by atoms with E-state index in [1.54, 1.807) is 7.11 Å². The summed E-state index contributed by atoms with van der Waals surface area (Å²) in [6, 6.07) is 0.735. The lowest BCUT2D eigenvalue weighted by atomic mass is 10.4. The quantitative estimate of drug-likeness (QED) is 0.636. The zero-order valence-electron chi connectivity index (χ0n) is 11.1. The standard InChI is InChI=1S/C13H23N3O2/c1-17-6-2-7-18-8-5-16-10-13(15-11-16)9-14-12-3-4-12/h10-12,14H,2-9H2,1H3. The summed E-state index contributed by atoms with van der Waals surface area (Å²) >= 11 is 0. The molecular formula is C13H23N3O2. The highest BCUT2D eigenvalue weighted by atomic mass is 16.5. The van der Waals surface area contributed by atoms with Crippen molar-refractivity contribution in [2.75, 3.05) is 26.9 Å². The van der Waals surface area contributed by atoms with Crippen molar-refractivity contribution in [1.82, 2.24) is 14.9 Å². The van der Waals surface area contributed by atoms with Crippen LogP contribution in [-0.4, -0.2) is 42.5 Å². The highest BCUT2D eigenvalue weighted by molar-refractivity contribution is 4.97. The molecule has 0 unspecified atom stereocenters. The molecule has 102 valence electrons. The Balaban J connectivity index is 1.54. The number of aromatic nitrogens is 2. The summed E-state index contributed by atoms with van der Waals surface area (Å²) in [5.74, 6) is 0. The van der Waals surface area contributed by atoms with Crippen LogP contribution < -0.4 is 5.32 Å². The van der Waals surface area contributed by atoms with E-state index in [1.165, 1.54) is 12.8 Å². The van der Waals surface area contributed by atoms with Crippen LogP contribution in [0, 0.1) is 0 Å². The molecule has 5 nitrogen and oxygen atoms in total. The lowest BCUT2D eigenvalue weighted by Crippen LogP contribution is -2.15. The van der Waals surface area contributed by atoms with Gasteiger partial charge in [0.15, 0.2) is 0 Å². The summed E-state index contributed by atoms with van der Waals surface area (Å²) in [7, 11) is 1.71. The van der Waals surface area contributed by atoms with Gasteiger partial charge in [-0.2, -0.15) is 0 Å². The second-order valence-corrected chi connectivity index (χ2v) is 4.72. The lowest BCUT2D eigenvalue weighted by Gasteiger charge is -2.04. The molecule has 0 amide bonds. The second kappa shape index (κ2) is 7.51. The average Bonchev–Trinajstić information content (AvgIpc) is 3.11. The van der Waals surface area contributed by atoms with E-state index >= 15 is 0 Å². The smallest absolute Gasteiger partial charge is 0.0950 e. The van der Waals surface area contributed by atoms with Crippen molar-refractivity contribution in [3.05, 3.63) is 18.2 Å². The van der Waals surface area contributed by atoms with Crippen LogP contribution in [0.4, 0.5) is 0 Å². The van der Waals surface area contributed by atoms with E-state index < -0.39 is 0 Å². The topological polar surface area (TPSA) is 48.3 Å². The highest BCUT2D eigenvalue weighted by Gasteiger charge is 2.20. The van der Waals surface area contributed by atoms with Gasteiger partial charge in [-0.3, -0.25) is 0 Å². The maximum absolute atomic E-state index is 5.51. The van der Waals surface area contributed by atoms with Crippen LogP contribution >= 0.6 is 0 Å². The summed E-state index contributed by atoms with van der Waals surface area (Å²) in [5, 5.41) is 3.46. The lowest BCUT2D eigenvalue weighted by molar-refractivity contribution is 0.0976. The fourth-order valence-corrected chi connectivity index (χ4v) is 1.73. The Hall–Kier alpha value is -0.910. The van der Waals surface area contributed by atoms with Gasteiger partial charge in [-0.05, 0) is 19.3 Å². The molecule has 0 spiro atoms. The molecule has 1 aromatic rings. The molecule has 5 heteroatoms. The van der Waals surface area contributed by atoms with Gasteiger partial charge in [-0.15, -0.1) is 0 Å². The van der Waals surface area contributed by atoms with Gasteiger partial charge in [0.05, 0.1) is 18.6 Å². The van der Waals surface area contributed by atoms with Gasteiger partial charge in [0, 0.05) is 45.7 Å². The zero-order valence-corrected chi connectivity index (χ0v) is 11.1. The van der Waals surface area contributed by atoms with E-state index in [-0.39, 0.29) is 0 Å². The Morgan fingerprint density at radius 1 is 1.39 bits per heavy atom. The van der Waals surface area contributed by atoms with E-state index in [0.717, 1.165) is 51.1 Å². The molecule has 0 aliphatic heterocycles. The molecule has 1 N–H and O–H groups in total. The molecule has 18 heavy (non-hydrogen) atoms. The Morgan fingerprint density at radius 3 is 3.06 bits per heavy atom. The zero-order chi connectivity index (χ0) is 12.6. The van der Waals surface area contributed by atoms with Gasteiger partial charge in [0.1, 0.15) is 0 Å². The minimum Gasteiger partial charge on any atom is -0.385 e. The minimum atomic E-state index is 0.732. The van der Waals surface area contributed by atoms with Gasteiger partial charge in [0.25, 0.3) is 0 Å². The first-order valence-electron chi connectivity index (χ1n) is 6.69. The van der Waals surface area contributed by atoms with Crippen LogP contribution in [-0.2, 0) is 22.6 Å². The maximum atomic E-state index is 5.51. The second-order valence-electron chi connectivity index (χ2n) is 4.72. The average molecular weight is 253 g/mol. The number of hydrogen-bond acceptors (Lipinski definition) is 4. The first-order valence-corrected chi connectivity index (χ1v) is 6.69. The number of imidazole rings is 1. The molecule has 1 aliphatic rings. The largest absolute Gasteiger partial charge is 0.385 e. The summed E-state index contributed by atoms with van der Waals surface area (Å²) in [6.45, 7) is 4.01. The molecule has 0 saturated heterocycles. The monoisotopic (exact) mass is 253 g/mol. The predicted octanol–water partition coefficient (Wildman–Crippen LogP) is 1.19. The van der Waals surface area contributed by atoms with E-state index in [0.29, 0.717) is 0 Å². The normalized spacial score (nSPS) is 15.2. The molecular weight excluding hydrogens is 230 g/mol. The SMILES string of the molecule is COCCCOCCn1cnc(CNC2CC2)c1. The number of ether oxygens (including phenoxy) is 2. The fraction of sp³-hybridized carbons (Fsp3) is 0.769. The Labute approximate surface area is 108 Å². The van der Waals surface area contributed by atoms with E-state index in [2.05, 4.69) is 21.1 Å².